The zero-order valence-electron chi connectivity index (χ0n) is 13.4. The average molecular weight is 287 g/mol. The molecular formula is C14H29N3O3. The molecule has 1 fully saturated rings. The lowest BCUT2D eigenvalue weighted by Gasteiger charge is -2.40. The minimum atomic E-state index is -0.417. The quantitative estimate of drug-likeness (QED) is 0.750. The summed E-state index contributed by atoms with van der Waals surface area (Å²) in [6, 6.07) is 0.387. The minimum absolute atomic E-state index is 0.215. The van der Waals surface area contributed by atoms with Crippen LogP contribution in [0.3, 0.4) is 0 Å². The molecule has 0 aromatic carbocycles. The molecule has 0 unspecified atom stereocenters. The van der Waals surface area contributed by atoms with E-state index in [1.807, 2.05) is 20.8 Å². The molecule has 0 atom stereocenters. The monoisotopic (exact) mass is 287 g/mol. The largest absolute Gasteiger partial charge is 0.444 e. The summed E-state index contributed by atoms with van der Waals surface area (Å²) in [5, 5.41) is 3.44. The molecule has 0 aromatic rings. The number of nitrogens with zero attached hydrogens (tertiary/aromatic N) is 2. The lowest BCUT2D eigenvalue weighted by molar-refractivity contribution is 0.00518. The van der Waals surface area contributed by atoms with Crippen LogP contribution in [0.2, 0.25) is 0 Å². The van der Waals surface area contributed by atoms with Crippen LogP contribution in [0, 0.1) is 0 Å². The summed E-state index contributed by atoms with van der Waals surface area (Å²) < 4.78 is 10.3. The topological polar surface area (TPSA) is 54.0 Å². The highest BCUT2D eigenvalue weighted by molar-refractivity contribution is 5.69. The SMILES string of the molecule is COCCN(C)CCNC1CN(C(=O)OC(C)(C)C)C1. The predicted octanol–water partition coefficient (Wildman–Crippen LogP) is 0.774. The standard InChI is InChI=1S/C14H29N3O3/c1-14(2,3)20-13(18)17-10-12(11-17)15-6-7-16(4)8-9-19-5/h12,15H,6-11H2,1-5H3. The number of likely N-dealkylation sites (N-methyl/N-ethyl adjacent to an activating group) is 1. The third-order valence-corrected chi connectivity index (χ3v) is 3.14. The first-order valence-corrected chi connectivity index (χ1v) is 7.20. The summed E-state index contributed by atoms with van der Waals surface area (Å²) in [6.45, 7) is 10.7. The maximum atomic E-state index is 11.7. The summed E-state index contributed by atoms with van der Waals surface area (Å²) in [7, 11) is 3.79. The van der Waals surface area contributed by atoms with E-state index in [4.69, 9.17) is 9.47 Å². The Morgan fingerprint density at radius 3 is 2.55 bits per heavy atom. The number of methoxy groups -OCH3 is 1. The third-order valence-electron chi connectivity index (χ3n) is 3.14. The second-order valence-corrected chi connectivity index (χ2v) is 6.33. The normalized spacial score (nSPS) is 16.4. The Labute approximate surface area is 122 Å². The third kappa shape index (κ3) is 6.54. The number of ether oxygens (including phenoxy) is 2. The van der Waals surface area contributed by atoms with Crippen molar-refractivity contribution >= 4 is 6.09 Å². The van der Waals surface area contributed by atoms with E-state index in [0.29, 0.717) is 6.04 Å². The first kappa shape index (κ1) is 17.2. The van der Waals surface area contributed by atoms with Crippen LogP contribution in [0.1, 0.15) is 20.8 Å². The van der Waals surface area contributed by atoms with Gasteiger partial charge in [0.2, 0.25) is 0 Å². The number of rotatable bonds is 7. The van der Waals surface area contributed by atoms with Crippen LogP contribution < -0.4 is 5.32 Å². The maximum absolute atomic E-state index is 11.7. The van der Waals surface area contributed by atoms with Gasteiger partial charge in [0.25, 0.3) is 0 Å². The molecule has 6 nitrogen and oxygen atoms in total. The average Bonchev–Trinajstić information content (AvgIpc) is 2.26. The summed E-state index contributed by atoms with van der Waals surface area (Å²) in [4.78, 5) is 15.7. The Kier molecular flexibility index (Phi) is 6.71. The van der Waals surface area contributed by atoms with E-state index in [9.17, 15) is 4.79 Å². The first-order valence-electron chi connectivity index (χ1n) is 7.20. The number of hydrogen-bond donors (Lipinski definition) is 1. The number of hydrogen-bond acceptors (Lipinski definition) is 5. The van der Waals surface area contributed by atoms with Gasteiger partial charge >= 0.3 is 6.09 Å². The molecule has 20 heavy (non-hydrogen) atoms. The fraction of sp³-hybridized carbons (Fsp3) is 0.929. The first-order chi connectivity index (χ1) is 9.31. The van der Waals surface area contributed by atoms with Gasteiger partial charge < -0.3 is 24.6 Å². The Morgan fingerprint density at radius 2 is 2.00 bits per heavy atom. The smallest absolute Gasteiger partial charge is 0.410 e. The molecule has 0 radical (unpaired) electrons. The number of nitrogens with one attached hydrogen (secondary N) is 1. The molecule has 1 saturated heterocycles. The summed E-state index contributed by atoms with van der Waals surface area (Å²) in [5.41, 5.74) is -0.417. The number of carbonyl (C=O) groups excluding carboxylic acids is 1. The van der Waals surface area contributed by atoms with Crippen molar-refractivity contribution in [3.8, 4) is 0 Å². The van der Waals surface area contributed by atoms with Crippen LogP contribution in [0.15, 0.2) is 0 Å². The second kappa shape index (κ2) is 7.81. The molecule has 6 heteroatoms. The highest BCUT2D eigenvalue weighted by atomic mass is 16.6. The molecule has 1 heterocycles. The molecule has 1 N–H and O–H groups in total. The fourth-order valence-electron chi connectivity index (χ4n) is 1.90. The van der Waals surface area contributed by atoms with Crippen molar-refractivity contribution in [3.05, 3.63) is 0 Å². The molecule has 0 spiro atoms. The van der Waals surface area contributed by atoms with E-state index in [-0.39, 0.29) is 6.09 Å². The van der Waals surface area contributed by atoms with Crippen molar-refractivity contribution in [2.75, 3.05) is 53.5 Å². The van der Waals surface area contributed by atoms with Gasteiger partial charge in [0.05, 0.1) is 6.61 Å². The second-order valence-electron chi connectivity index (χ2n) is 6.33. The zero-order valence-corrected chi connectivity index (χ0v) is 13.4. The van der Waals surface area contributed by atoms with E-state index >= 15 is 0 Å². The molecule has 0 bridgehead atoms. The van der Waals surface area contributed by atoms with Gasteiger partial charge in [0.1, 0.15) is 5.60 Å². The number of amides is 1. The molecule has 0 aromatic heterocycles. The molecule has 118 valence electrons. The molecule has 0 aliphatic carbocycles. The number of likely N-dealkylation sites (tertiary alicyclic amines) is 1. The molecule has 1 rings (SSSR count). The van der Waals surface area contributed by atoms with Gasteiger partial charge in [-0.25, -0.2) is 4.79 Å². The van der Waals surface area contributed by atoms with Crippen molar-refractivity contribution in [1.29, 1.82) is 0 Å². The van der Waals surface area contributed by atoms with E-state index in [2.05, 4.69) is 17.3 Å². The van der Waals surface area contributed by atoms with Crippen molar-refractivity contribution in [1.82, 2.24) is 15.1 Å². The van der Waals surface area contributed by atoms with Crippen molar-refractivity contribution < 1.29 is 14.3 Å². The summed E-state index contributed by atoms with van der Waals surface area (Å²) >= 11 is 0. The lowest BCUT2D eigenvalue weighted by Crippen LogP contribution is -2.61. The highest BCUT2D eigenvalue weighted by Gasteiger charge is 2.33. The van der Waals surface area contributed by atoms with Crippen LogP contribution >= 0.6 is 0 Å². The van der Waals surface area contributed by atoms with Gasteiger partial charge in [-0.3, -0.25) is 0 Å². The van der Waals surface area contributed by atoms with Crippen LogP contribution in [0.25, 0.3) is 0 Å². The Morgan fingerprint density at radius 1 is 1.35 bits per heavy atom. The van der Waals surface area contributed by atoms with Crippen LogP contribution in [-0.2, 0) is 9.47 Å². The summed E-state index contributed by atoms with van der Waals surface area (Å²) in [5.74, 6) is 0. The molecule has 0 saturated carbocycles. The van der Waals surface area contributed by atoms with Gasteiger partial charge in [-0.15, -0.1) is 0 Å². The van der Waals surface area contributed by atoms with E-state index in [1.54, 1.807) is 12.0 Å². The Bertz CT molecular complexity index is 299. The number of carbonyl (C=O) groups is 1. The van der Waals surface area contributed by atoms with E-state index < -0.39 is 5.60 Å². The van der Waals surface area contributed by atoms with Gasteiger partial charge in [-0.2, -0.15) is 0 Å². The predicted molar refractivity (Wildman–Crippen MR) is 79.0 cm³/mol. The Hall–Kier alpha value is -0.850. The van der Waals surface area contributed by atoms with Gasteiger partial charge in [-0.1, -0.05) is 0 Å². The minimum Gasteiger partial charge on any atom is -0.444 e. The van der Waals surface area contributed by atoms with E-state index in [1.165, 1.54) is 0 Å². The van der Waals surface area contributed by atoms with Crippen LogP contribution in [0.5, 0.6) is 0 Å². The molecule has 1 amide bonds. The van der Waals surface area contributed by atoms with Gasteiger partial charge in [-0.05, 0) is 27.8 Å². The van der Waals surface area contributed by atoms with Crippen LogP contribution in [-0.4, -0.2) is 81.0 Å². The van der Waals surface area contributed by atoms with Crippen molar-refractivity contribution in [2.45, 2.75) is 32.4 Å². The maximum Gasteiger partial charge on any atom is 0.410 e. The van der Waals surface area contributed by atoms with Crippen molar-refractivity contribution in [2.24, 2.45) is 0 Å². The van der Waals surface area contributed by atoms with Crippen molar-refractivity contribution in [3.63, 3.8) is 0 Å². The highest BCUT2D eigenvalue weighted by Crippen LogP contribution is 2.14. The molecular weight excluding hydrogens is 258 g/mol. The van der Waals surface area contributed by atoms with Gasteiger partial charge in [0.15, 0.2) is 0 Å². The molecule has 1 aliphatic rings. The Balaban J connectivity index is 2.06. The van der Waals surface area contributed by atoms with E-state index in [0.717, 1.165) is 39.3 Å². The molecule has 1 aliphatic heterocycles. The van der Waals surface area contributed by atoms with Gasteiger partial charge in [0, 0.05) is 45.9 Å². The van der Waals surface area contributed by atoms with Crippen LogP contribution in [0.4, 0.5) is 4.79 Å². The zero-order chi connectivity index (χ0) is 15.2. The lowest BCUT2D eigenvalue weighted by atomic mass is 10.1. The summed E-state index contributed by atoms with van der Waals surface area (Å²) in [6.07, 6.45) is -0.215. The fourth-order valence-corrected chi connectivity index (χ4v) is 1.90.